The molecule has 0 aliphatic heterocycles. The molecule has 20 heavy (non-hydrogen) atoms. The zero-order chi connectivity index (χ0) is 13.8. The van der Waals surface area contributed by atoms with Gasteiger partial charge >= 0.3 is 0 Å². The lowest BCUT2D eigenvalue weighted by Gasteiger charge is -2.15. The summed E-state index contributed by atoms with van der Waals surface area (Å²) in [5.74, 6) is -0.196. The highest BCUT2D eigenvalue weighted by molar-refractivity contribution is 7.10. The van der Waals surface area contributed by atoms with E-state index in [0.29, 0.717) is 15.1 Å². The third kappa shape index (κ3) is 3.02. The molecule has 2 heterocycles. The van der Waals surface area contributed by atoms with Crippen molar-refractivity contribution in [2.75, 3.05) is 0 Å². The summed E-state index contributed by atoms with van der Waals surface area (Å²) in [6, 6.07) is 11.0. The highest BCUT2D eigenvalue weighted by Crippen LogP contribution is 2.27. The minimum absolute atomic E-state index is 0.196. The molecule has 0 saturated carbocycles. The molecule has 100 valence electrons. The Balaban J connectivity index is 1.82. The molecule has 0 saturated heterocycles. The SMILES string of the molecule is Fc1ccc(C([Si]Cn2cncn2)c2cccs2)cc1. The van der Waals surface area contributed by atoms with Gasteiger partial charge in [-0.3, -0.25) is 4.68 Å². The van der Waals surface area contributed by atoms with Crippen LogP contribution >= 0.6 is 11.3 Å². The van der Waals surface area contributed by atoms with Crippen molar-refractivity contribution < 1.29 is 4.39 Å². The molecular formula is C14H12FN3SSi. The van der Waals surface area contributed by atoms with E-state index in [1.165, 1.54) is 17.0 Å². The van der Waals surface area contributed by atoms with Crippen LogP contribution in [0.2, 0.25) is 0 Å². The molecule has 0 bridgehead atoms. The Morgan fingerprint density at radius 3 is 2.75 bits per heavy atom. The maximum Gasteiger partial charge on any atom is 0.137 e. The molecule has 1 atom stereocenters. The standard InChI is InChI=1S/C14H12FN3SSi/c15-12-5-3-11(4-6-12)14(13-2-1-7-19-13)20-10-18-9-16-8-17-18/h1-9,14H,10H2. The van der Waals surface area contributed by atoms with Crippen LogP contribution in [0, 0.1) is 5.82 Å². The molecule has 2 aromatic heterocycles. The molecule has 3 rings (SSSR count). The fourth-order valence-electron chi connectivity index (χ4n) is 1.99. The first-order valence-electron chi connectivity index (χ1n) is 6.17. The highest BCUT2D eigenvalue weighted by Gasteiger charge is 2.16. The molecule has 0 amide bonds. The molecule has 0 aliphatic carbocycles. The molecule has 1 aromatic carbocycles. The van der Waals surface area contributed by atoms with Gasteiger partial charge in [0.1, 0.15) is 18.5 Å². The van der Waals surface area contributed by atoms with Crippen molar-refractivity contribution >= 4 is 20.9 Å². The van der Waals surface area contributed by atoms with Crippen molar-refractivity contribution in [3.05, 3.63) is 70.7 Å². The predicted octanol–water partition coefficient (Wildman–Crippen LogP) is 2.93. The van der Waals surface area contributed by atoms with Gasteiger partial charge in [-0.15, -0.1) is 11.3 Å². The average molecular weight is 301 g/mol. The lowest BCUT2D eigenvalue weighted by atomic mass is 10.1. The third-order valence-corrected chi connectivity index (χ3v) is 5.66. The van der Waals surface area contributed by atoms with E-state index >= 15 is 0 Å². The minimum Gasteiger partial charge on any atom is -0.256 e. The number of benzene rings is 1. The molecule has 0 fully saturated rings. The lowest BCUT2D eigenvalue weighted by Crippen LogP contribution is -2.16. The van der Waals surface area contributed by atoms with Crippen LogP contribution in [-0.4, -0.2) is 24.3 Å². The summed E-state index contributed by atoms with van der Waals surface area (Å²) in [6.07, 6.45) is 4.09. The maximum atomic E-state index is 13.1. The van der Waals surface area contributed by atoms with Crippen LogP contribution in [0.4, 0.5) is 4.39 Å². The Labute approximate surface area is 122 Å². The summed E-state index contributed by atoms with van der Waals surface area (Å²) in [6.45, 7) is 0. The molecule has 3 aromatic rings. The quantitative estimate of drug-likeness (QED) is 0.678. The first kappa shape index (κ1) is 13.2. The lowest BCUT2D eigenvalue weighted by molar-refractivity contribution is 0.627. The van der Waals surface area contributed by atoms with Crippen LogP contribution in [0.1, 0.15) is 16.0 Å². The fourth-order valence-corrected chi connectivity index (χ4v) is 4.45. The van der Waals surface area contributed by atoms with Crippen molar-refractivity contribution in [2.24, 2.45) is 0 Å². The van der Waals surface area contributed by atoms with E-state index in [4.69, 9.17) is 0 Å². The second-order valence-electron chi connectivity index (χ2n) is 4.30. The van der Waals surface area contributed by atoms with E-state index < -0.39 is 0 Å². The molecule has 2 radical (unpaired) electrons. The molecule has 0 N–H and O–H groups in total. The van der Waals surface area contributed by atoms with E-state index in [2.05, 4.69) is 27.6 Å². The second-order valence-corrected chi connectivity index (χ2v) is 6.58. The summed E-state index contributed by atoms with van der Waals surface area (Å²) >= 11 is 1.74. The van der Waals surface area contributed by atoms with Crippen molar-refractivity contribution in [1.82, 2.24) is 14.8 Å². The first-order valence-corrected chi connectivity index (χ1v) is 8.34. The van der Waals surface area contributed by atoms with Gasteiger partial charge in [-0.25, -0.2) is 9.37 Å². The first-order chi connectivity index (χ1) is 9.83. The number of aromatic nitrogens is 3. The van der Waals surface area contributed by atoms with Gasteiger partial charge < -0.3 is 0 Å². The van der Waals surface area contributed by atoms with Gasteiger partial charge in [-0.1, -0.05) is 18.2 Å². The van der Waals surface area contributed by atoms with E-state index in [1.807, 2.05) is 16.8 Å². The van der Waals surface area contributed by atoms with Gasteiger partial charge in [-0.05, 0) is 29.1 Å². The number of rotatable bonds is 5. The Kier molecular flexibility index (Phi) is 4.03. The van der Waals surface area contributed by atoms with Gasteiger partial charge in [0, 0.05) is 16.6 Å². The molecule has 3 nitrogen and oxygen atoms in total. The van der Waals surface area contributed by atoms with Crippen LogP contribution in [0.5, 0.6) is 0 Å². The second kappa shape index (κ2) is 6.11. The zero-order valence-electron chi connectivity index (χ0n) is 10.6. The van der Waals surface area contributed by atoms with Gasteiger partial charge in [0.25, 0.3) is 0 Å². The highest BCUT2D eigenvalue weighted by atomic mass is 32.1. The topological polar surface area (TPSA) is 30.7 Å². The third-order valence-electron chi connectivity index (χ3n) is 2.96. The van der Waals surface area contributed by atoms with Gasteiger partial charge in [0.05, 0.1) is 9.52 Å². The summed E-state index contributed by atoms with van der Waals surface area (Å²) in [5, 5.41) is 6.21. The van der Waals surface area contributed by atoms with Crippen LogP contribution in [0.15, 0.2) is 54.4 Å². The van der Waals surface area contributed by atoms with Crippen molar-refractivity contribution in [3.8, 4) is 0 Å². The largest absolute Gasteiger partial charge is 0.256 e. The van der Waals surface area contributed by atoms with Gasteiger partial charge in [-0.2, -0.15) is 5.10 Å². The summed E-state index contributed by atoms with van der Waals surface area (Å²) < 4.78 is 14.9. The van der Waals surface area contributed by atoms with E-state index in [-0.39, 0.29) is 5.82 Å². The summed E-state index contributed by atoms with van der Waals surface area (Å²) in [7, 11) is 0.635. The maximum absolute atomic E-state index is 13.1. The average Bonchev–Trinajstić information content (AvgIpc) is 3.14. The molecule has 6 heteroatoms. The summed E-state index contributed by atoms with van der Waals surface area (Å²) in [5.41, 5.74) is 1.44. The normalized spacial score (nSPS) is 12.4. The van der Waals surface area contributed by atoms with Crippen molar-refractivity contribution in [2.45, 2.75) is 11.7 Å². The summed E-state index contributed by atoms with van der Waals surface area (Å²) in [4.78, 5) is 5.26. The van der Waals surface area contributed by atoms with Gasteiger partial charge in [0.2, 0.25) is 0 Å². The smallest absolute Gasteiger partial charge is 0.137 e. The van der Waals surface area contributed by atoms with Crippen LogP contribution in [0.3, 0.4) is 0 Å². The monoisotopic (exact) mass is 301 g/mol. The fraction of sp³-hybridized carbons (Fsp3) is 0.143. The Hall–Kier alpha value is -1.79. The molecule has 1 unspecified atom stereocenters. The Morgan fingerprint density at radius 2 is 2.10 bits per heavy atom. The number of hydrogen-bond acceptors (Lipinski definition) is 3. The number of halogens is 1. The van der Waals surface area contributed by atoms with Crippen LogP contribution in [-0.2, 0) is 6.17 Å². The minimum atomic E-state index is -0.196. The van der Waals surface area contributed by atoms with Crippen LogP contribution < -0.4 is 0 Å². The zero-order valence-corrected chi connectivity index (χ0v) is 12.4. The molecule has 0 spiro atoms. The van der Waals surface area contributed by atoms with Crippen LogP contribution in [0.25, 0.3) is 0 Å². The Bertz CT molecular complexity index is 638. The van der Waals surface area contributed by atoms with Gasteiger partial charge in [0.15, 0.2) is 0 Å². The predicted molar refractivity (Wildman–Crippen MR) is 78.3 cm³/mol. The molecule has 0 aliphatic rings. The van der Waals surface area contributed by atoms with Crippen molar-refractivity contribution in [1.29, 1.82) is 0 Å². The van der Waals surface area contributed by atoms with E-state index in [1.54, 1.807) is 24.0 Å². The van der Waals surface area contributed by atoms with E-state index in [9.17, 15) is 4.39 Å². The Morgan fingerprint density at radius 1 is 1.25 bits per heavy atom. The number of nitrogens with zero attached hydrogens (tertiary/aromatic N) is 3. The van der Waals surface area contributed by atoms with E-state index in [0.717, 1.165) is 11.7 Å². The molecular weight excluding hydrogens is 289 g/mol. The number of hydrogen-bond donors (Lipinski definition) is 0. The number of thiophene rings is 1. The van der Waals surface area contributed by atoms with Crippen molar-refractivity contribution in [3.63, 3.8) is 0 Å².